The molecule has 5 heteroatoms. The highest BCUT2D eigenvalue weighted by atomic mass is 16.5. The Morgan fingerprint density at radius 3 is 2.36 bits per heavy atom. The number of hydrogen-bond donors (Lipinski definition) is 2. The van der Waals surface area contributed by atoms with E-state index < -0.39 is 0 Å². The molecule has 5 nitrogen and oxygen atoms in total. The van der Waals surface area contributed by atoms with Crippen LogP contribution in [-0.4, -0.2) is 32.9 Å². The number of nitrogens with one attached hydrogen (secondary N) is 2. The minimum absolute atomic E-state index is 0.0601. The lowest BCUT2D eigenvalue weighted by atomic mass is 9.94. The molecular formula is C20H22N2O3. The number of para-hydroxylation sites is 1. The summed E-state index contributed by atoms with van der Waals surface area (Å²) >= 11 is 0. The summed E-state index contributed by atoms with van der Waals surface area (Å²) in [4.78, 5) is 3.59. The second kappa shape index (κ2) is 6.33. The van der Waals surface area contributed by atoms with Crippen LogP contribution in [0.5, 0.6) is 17.2 Å². The molecule has 0 amide bonds. The van der Waals surface area contributed by atoms with Gasteiger partial charge >= 0.3 is 0 Å². The third-order valence-corrected chi connectivity index (χ3v) is 4.88. The summed E-state index contributed by atoms with van der Waals surface area (Å²) in [5.74, 6) is 1.95. The monoisotopic (exact) mass is 338 g/mol. The Kier molecular flexibility index (Phi) is 4.01. The summed E-state index contributed by atoms with van der Waals surface area (Å²) in [6.45, 7) is 0.927. The zero-order chi connectivity index (χ0) is 17.4. The van der Waals surface area contributed by atoms with Crippen LogP contribution in [0.1, 0.15) is 22.9 Å². The molecule has 0 fully saturated rings. The Balaban J connectivity index is 1.87. The van der Waals surface area contributed by atoms with Crippen molar-refractivity contribution in [3.63, 3.8) is 0 Å². The van der Waals surface area contributed by atoms with Crippen LogP contribution in [-0.2, 0) is 6.42 Å². The topological polar surface area (TPSA) is 55.5 Å². The zero-order valence-electron chi connectivity index (χ0n) is 14.7. The van der Waals surface area contributed by atoms with Crippen molar-refractivity contribution in [3.05, 3.63) is 53.2 Å². The first-order chi connectivity index (χ1) is 12.3. The molecule has 1 aliphatic rings. The predicted octanol–water partition coefficient (Wildman–Crippen LogP) is 3.43. The van der Waals surface area contributed by atoms with E-state index in [2.05, 4.69) is 34.6 Å². The van der Waals surface area contributed by atoms with E-state index in [4.69, 9.17) is 14.2 Å². The SMILES string of the molecule is COc1cc([C@@H]2NCCc3c2[nH]c2ccccc32)cc(OC)c1OC. The van der Waals surface area contributed by atoms with Crippen LogP contribution in [0, 0.1) is 0 Å². The molecule has 1 atom stereocenters. The highest BCUT2D eigenvalue weighted by Gasteiger charge is 2.27. The Hall–Kier alpha value is -2.66. The van der Waals surface area contributed by atoms with Gasteiger partial charge in [0.15, 0.2) is 11.5 Å². The summed E-state index contributed by atoms with van der Waals surface area (Å²) in [7, 11) is 4.90. The van der Waals surface area contributed by atoms with Gasteiger partial charge in [0.05, 0.1) is 27.4 Å². The second-order valence-corrected chi connectivity index (χ2v) is 6.16. The van der Waals surface area contributed by atoms with Crippen LogP contribution in [0.2, 0.25) is 0 Å². The van der Waals surface area contributed by atoms with E-state index in [1.807, 2.05) is 12.1 Å². The Morgan fingerprint density at radius 2 is 1.68 bits per heavy atom. The van der Waals surface area contributed by atoms with E-state index in [0.717, 1.165) is 18.5 Å². The zero-order valence-corrected chi connectivity index (χ0v) is 14.7. The summed E-state index contributed by atoms with van der Waals surface area (Å²) < 4.78 is 16.5. The van der Waals surface area contributed by atoms with E-state index in [-0.39, 0.29) is 6.04 Å². The summed E-state index contributed by atoms with van der Waals surface area (Å²) in [6, 6.07) is 12.5. The number of H-pyrrole nitrogens is 1. The summed E-state index contributed by atoms with van der Waals surface area (Å²) in [5.41, 5.74) is 4.85. The van der Waals surface area contributed by atoms with Crippen LogP contribution in [0.15, 0.2) is 36.4 Å². The molecule has 0 saturated heterocycles. The molecule has 2 aromatic carbocycles. The lowest BCUT2D eigenvalue weighted by Crippen LogP contribution is -2.30. The first-order valence-electron chi connectivity index (χ1n) is 8.39. The van der Waals surface area contributed by atoms with Gasteiger partial charge in [0.25, 0.3) is 0 Å². The third-order valence-electron chi connectivity index (χ3n) is 4.88. The second-order valence-electron chi connectivity index (χ2n) is 6.16. The molecule has 1 aromatic heterocycles. The quantitative estimate of drug-likeness (QED) is 0.765. The van der Waals surface area contributed by atoms with Crippen molar-refractivity contribution in [1.82, 2.24) is 10.3 Å². The predicted molar refractivity (Wildman–Crippen MR) is 97.9 cm³/mol. The largest absolute Gasteiger partial charge is 0.493 e. The van der Waals surface area contributed by atoms with Crippen LogP contribution in [0.3, 0.4) is 0 Å². The maximum atomic E-state index is 5.51. The van der Waals surface area contributed by atoms with Crippen molar-refractivity contribution in [2.24, 2.45) is 0 Å². The van der Waals surface area contributed by atoms with Crippen molar-refractivity contribution in [3.8, 4) is 17.2 Å². The number of benzene rings is 2. The maximum Gasteiger partial charge on any atom is 0.203 e. The van der Waals surface area contributed by atoms with Gasteiger partial charge in [-0.15, -0.1) is 0 Å². The van der Waals surface area contributed by atoms with Gasteiger partial charge < -0.3 is 24.5 Å². The molecule has 0 radical (unpaired) electrons. The van der Waals surface area contributed by atoms with Gasteiger partial charge in [-0.2, -0.15) is 0 Å². The van der Waals surface area contributed by atoms with Gasteiger partial charge in [0.2, 0.25) is 5.75 Å². The van der Waals surface area contributed by atoms with Gasteiger partial charge in [0.1, 0.15) is 0 Å². The van der Waals surface area contributed by atoms with Crippen LogP contribution < -0.4 is 19.5 Å². The summed E-state index contributed by atoms with van der Waals surface area (Å²) in [6.07, 6.45) is 1.01. The summed E-state index contributed by atoms with van der Waals surface area (Å²) in [5, 5.41) is 4.91. The van der Waals surface area contributed by atoms with Crippen LogP contribution >= 0.6 is 0 Å². The lowest BCUT2D eigenvalue weighted by molar-refractivity contribution is 0.323. The molecule has 3 aromatic rings. The van der Waals surface area contributed by atoms with E-state index in [0.29, 0.717) is 17.2 Å². The number of rotatable bonds is 4. The van der Waals surface area contributed by atoms with Crippen molar-refractivity contribution < 1.29 is 14.2 Å². The van der Waals surface area contributed by atoms with Gasteiger partial charge in [-0.3, -0.25) is 0 Å². The van der Waals surface area contributed by atoms with Gasteiger partial charge in [-0.25, -0.2) is 0 Å². The maximum absolute atomic E-state index is 5.51. The Bertz CT molecular complexity index is 891. The first kappa shape index (κ1) is 15.8. The van der Waals surface area contributed by atoms with E-state index >= 15 is 0 Å². The van der Waals surface area contributed by atoms with Crippen molar-refractivity contribution in [1.29, 1.82) is 0 Å². The molecule has 4 rings (SSSR count). The molecule has 0 bridgehead atoms. The fourth-order valence-corrected chi connectivity index (χ4v) is 3.73. The van der Waals surface area contributed by atoms with Gasteiger partial charge in [0, 0.05) is 23.1 Å². The molecular weight excluding hydrogens is 316 g/mol. The van der Waals surface area contributed by atoms with E-state index in [9.17, 15) is 0 Å². The molecule has 25 heavy (non-hydrogen) atoms. The van der Waals surface area contributed by atoms with Gasteiger partial charge in [-0.1, -0.05) is 18.2 Å². The van der Waals surface area contributed by atoms with Gasteiger partial charge in [-0.05, 0) is 35.7 Å². The number of aromatic amines is 1. The van der Waals surface area contributed by atoms with Crippen LogP contribution in [0.25, 0.3) is 10.9 Å². The fourth-order valence-electron chi connectivity index (χ4n) is 3.73. The molecule has 0 unspecified atom stereocenters. The van der Waals surface area contributed by atoms with Crippen molar-refractivity contribution in [2.45, 2.75) is 12.5 Å². The number of ether oxygens (including phenoxy) is 3. The highest BCUT2D eigenvalue weighted by molar-refractivity contribution is 5.85. The number of methoxy groups -OCH3 is 3. The minimum Gasteiger partial charge on any atom is -0.493 e. The fraction of sp³-hybridized carbons (Fsp3) is 0.300. The number of hydrogen-bond acceptors (Lipinski definition) is 4. The molecule has 1 aliphatic heterocycles. The highest BCUT2D eigenvalue weighted by Crippen LogP contribution is 2.42. The number of fused-ring (bicyclic) bond motifs is 3. The minimum atomic E-state index is 0.0601. The average molecular weight is 338 g/mol. The molecule has 130 valence electrons. The lowest BCUT2D eigenvalue weighted by Gasteiger charge is -2.26. The third kappa shape index (κ3) is 2.51. The van der Waals surface area contributed by atoms with Crippen molar-refractivity contribution in [2.75, 3.05) is 27.9 Å². The van der Waals surface area contributed by atoms with Crippen LogP contribution in [0.4, 0.5) is 0 Å². The van der Waals surface area contributed by atoms with Crippen molar-refractivity contribution >= 4 is 10.9 Å². The smallest absolute Gasteiger partial charge is 0.203 e. The average Bonchev–Trinajstić information content (AvgIpc) is 3.05. The standard InChI is InChI=1S/C20H22N2O3/c1-23-16-10-12(11-17(24-2)20(16)25-3)18-19-14(8-9-21-18)13-6-4-5-7-15(13)22-19/h4-7,10-11,18,21-22H,8-9H2,1-3H3/t18-/m0/s1. The molecule has 2 N–H and O–H groups in total. The molecule has 2 heterocycles. The molecule has 0 spiro atoms. The Morgan fingerprint density at radius 1 is 0.960 bits per heavy atom. The molecule has 0 saturated carbocycles. The van der Waals surface area contributed by atoms with E-state index in [1.165, 1.54) is 22.2 Å². The first-order valence-corrected chi connectivity index (χ1v) is 8.39. The number of aromatic nitrogens is 1. The van der Waals surface area contributed by atoms with E-state index in [1.54, 1.807) is 21.3 Å². The Labute approximate surface area is 146 Å². The molecule has 0 aliphatic carbocycles. The normalized spacial score (nSPS) is 16.5.